The number of nitro benzene ring substituents is 1. The molecule has 0 spiro atoms. The maximum Gasteiger partial charge on any atom is 0.295 e. The lowest BCUT2D eigenvalue weighted by atomic mass is 10.2. The van der Waals surface area contributed by atoms with Gasteiger partial charge in [0, 0.05) is 13.1 Å². The monoisotopic (exact) mass is 227 g/mol. The van der Waals surface area contributed by atoms with Crippen molar-refractivity contribution in [1.29, 1.82) is 0 Å². The summed E-state index contributed by atoms with van der Waals surface area (Å²) < 4.78 is 13.4. The van der Waals surface area contributed by atoms with E-state index in [1.54, 1.807) is 0 Å². The van der Waals surface area contributed by atoms with Crippen molar-refractivity contribution in [3.05, 3.63) is 28.1 Å². The molecule has 1 rings (SSSR count). The summed E-state index contributed by atoms with van der Waals surface area (Å²) in [5.41, 5.74) is 0.343. The fourth-order valence-corrected chi connectivity index (χ4v) is 1.37. The second kappa shape index (κ2) is 5.29. The van der Waals surface area contributed by atoms with Crippen molar-refractivity contribution in [3.63, 3.8) is 0 Å². The van der Waals surface area contributed by atoms with Gasteiger partial charge in [0.25, 0.3) is 5.69 Å². The summed E-state index contributed by atoms with van der Waals surface area (Å²) in [5, 5.41) is 16.3. The summed E-state index contributed by atoms with van der Waals surface area (Å²) in [4.78, 5) is 10.1. The summed E-state index contributed by atoms with van der Waals surface area (Å²) >= 11 is 0. The number of halogens is 1. The molecule has 0 bridgehead atoms. The predicted octanol–water partition coefficient (Wildman–Crippen LogP) is 2.60. The first-order valence-corrected chi connectivity index (χ1v) is 5.05. The fourth-order valence-electron chi connectivity index (χ4n) is 1.37. The molecule has 16 heavy (non-hydrogen) atoms. The van der Waals surface area contributed by atoms with Crippen LogP contribution < -0.4 is 10.6 Å². The van der Waals surface area contributed by atoms with Crippen molar-refractivity contribution in [2.24, 2.45) is 0 Å². The molecule has 88 valence electrons. The van der Waals surface area contributed by atoms with Crippen LogP contribution in [0.25, 0.3) is 0 Å². The Morgan fingerprint density at radius 1 is 1.25 bits per heavy atom. The first-order chi connectivity index (χ1) is 7.60. The lowest BCUT2D eigenvalue weighted by Gasteiger charge is -2.09. The van der Waals surface area contributed by atoms with Gasteiger partial charge in [-0.1, -0.05) is 0 Å². The maximum atomic E-state index is 13.4. The third-order valence-corrected chi connectivity index (χ3v) is 2.02. The molecule has 0 saturated heterocycles. The van der Waals surface area contributed by atoms with E-state index in [1.165, 1.54) is 6.07 Å². The smallest absolute Gasteiger partial charge is 0.295 e. The summed E-state index contributed by atoms with van der Waals surface area (Å²) in [6.45, 7) is 4.74. The second-order valence-corrected chi connectivity index (χ2v) is 3.17. The molecule has 6 heteroatoms. The highest BCUT2D eigenvalue weighted by Crippen LogP contribution is 2.30. The number of rotatable bonds is 5. The Labute approximate surface area is 92.8 Å². The Morgan fingerprint density at radius 3 is 2.31 bits per heavy atom. The van der Waals surface area contributed by atoms with Crippen LogP contribution in [0, 0.1) is 15.9 Å². The van der Waals surface area contributed by atoms with Gasteiger partial charge in [0.05, 0.1) is 16.7 Å². The number of benzene rings is 1. The van der Waals surface area contributed by atoms with Gasteiger partial charge in [-0.05, 0) is 19.9 Å². The minimum atomic E-state index is -0.616. The van der Waals surface area contributed by atoms with E-state index < -0.39 is 10.7 Å². The number of nitro groups is 1. The lowest BCUT2D eigenvalue weighted by Crippen LogP contribution is -2.05. The quantitative estimate of drug-likeness (QED) is 0.599. The van der Waals surface area contributed by atoms with Crippen molar-refractivity contribution in [1.82, 2.24) is 0 Å². The highest BCUT2D eigenvalue weighted by atomic mass is 19.1. The van der Waals surface area contributed by atoms with E-state index in [1.807, 2.05) is 13.8 Å². The van der Waals surface area contributed by atoms with Crippen LogP contribution in [-0.4, -0.2) is 18.0 Å². The zero-order valence-electron chi connectivity index (χ0n) is 9.21. The van der Waals surface area contributed by atoms with Gasteiger partial charge < -0.3 is 10.6 Å². The first-order valence-electron chi connectivity index (χ1n) is 5.05. The summed E-state index contributed by atoms with van der Waals surface area (Å²) in [5.74, 6) is -0.616. The Kier molecular flexibility index (Phi) is 4.04. The van der Waals surface area contributed by atoms with E-state index in [-0.39, 0.29) is 11.4 Å². The van der Waals surface area contributed by atoms with Gasteiger partial charge in [-0.15, -0.1) is 0 Å². The molecular weight excluding hydrogens is 213 g/mol. The number of hydrogen-bond acceptors (Lipinski definition) is 4. The molecule has 1 aromatic rings. The third-order valence-electron chi connectivity index (χ3n) is 2.02. The molecule has 0 aliphatic carbocycles. The Hall–Kier alpha value is -1.85. The van der Waals surface area contributed by atoms with Crippen LogP contribution in [-0.2, 0) is 0 Å². The normalized spacial score (nSPS) is 9.94. The first kappa shape index (κ1) is 12.2. The number of anilines is 2. The van der Waals surface area contributed by atoms with Crippen LogP contribution in [0.15, 0.2) is 12.1 Å². The molecule has 0 saturated carbocycles. The van der Waals surface area contributed by atoms with Crippen LogP contribution >= 0.6 is 0 Å². The van der Waals surface area contributed by atoms with E-state index in [0.717, 1.165) is 6.07 Å². The van der Waals surface area contributed by atoms with E-state index in [0.29, 0.717) is 18.8 Å². The standard InChI is InChI=1S/C10H14FN3O2/c1-3-12-8-6-9(13-4-2)10(14(15)16)5-7(8)11/h5-6,12-13H,3-4H2,1-2H3. The molecule has 0 amide bonds. The van der Waals surface area contributed by atoms with Crippen molar-refractivity contribution >= 4 is 17.1 Å². The van der Waals surface area contributed by atoms with Crippen LogP contribution in [0.3, 0.4) is 0 Å². The average Bonchev–Trinajstić information content (AvgIpc) is 2.23. The Bertz CT molecular complexity index is 396. The third kappa shape index (κ3) is 2.59. The molecule has 5 nitrogen and oxygen atoms in total. The van der Waals surface area contributed by atoms with Crippen LogP contribution in [0.4, 0.5) is 21.5 Å². The van der Waals surface area contributed by atoms with E-state index in [2.05, 4.69) is 10.6 Å². The van der Waals surface area contributed by atoms with Gasteiger partial charge >= 0.3 is 0 Å². The maximum absolute atomic E-state index is 13.4. The van der Waals surface area contributed by atoms with Gasteiger partial charge in [0.2, 0.25) is 0 Å². The minimum absolute atomic E-state index is 0.249. The van der Waals surface area contributed by atoms with E-state index >= 15 is 0 Å². The zero-order valence-corrected chi connectivity index (χ0v) is 9.21. The fraction of sp³-hybridized carbons (Fsp3) is 0.400. The van der Waals surface area contributed by atoms with Crippen molar-refractivity contribution < 1.29 is 9.31 Å². The second-order valence-electron chi connectivity index (χ2n) is 3.17. The molecule has 0 aliphatic heterocycles. The molecule has 0 heterocycles. The van der Waals surface area contributed by atoms with Crippen molar-refractivity contribution in [2.75, 3.05) is 23.7 Å². The van der Waals surface area contributed by atoms with Crippen LogP contribution in [0.1, 0.15) is 13.8 Å². The van der Waals surface area contributed by atoms with Gasteiger partial charge in [0.1, 0.15) is 5.69 Å². The lowest BCUT2D eigenvalue weighted by molar-refractivity contribution is -0.384. The Morgan fingerprint density at radius 2 is 1.81 bits per heavy atom. The van der Waals surface area contributed by atoms with Crippen LogP contribution in [0.5, 0.6) is 0 Å². The summed E-state index contributed by atoms with van der Waals surface area (Å²) in [6.07, 6.45) is 0. The topological polar surface area (TPSA) is 67.2 Å². The van der Waals surface area contributed by atoms with Gasteiger partial charge in [-0.25, -0.2) is 4.39 Å². The number of nitrogens with one attached hydrogen (secondary N) is 2. The highest BCUT2D eigenvalue weighted by Gasteiger charge is 2.17. The molecule has 0 fully saturated rings. The van der Waals surface area contributed by atoms with Gasteiger partial charge in [0.15, 0.2) is 5.82 Å². The minimum Gasteiger partial charge on any atom is -0.383 e. The summed E-state index contributed by atoms with van der Waals surface area (Å²) in [7, 11) is 0. The molecule has 0 unspecified atom stereocenters. The van der Waals surface area contributed by atoms with Gasteiger partial charge in [-0.3, -0.25) is 10.1 Å². The molecule has 2 N–H and O–H groups in total. The highest BCUT2D eigenvalue weighted by molar-refractivity contribution is 5.69. The van der Waals surface area contributed by atoms with Gasteiger partial charge in [-0.2, -0.15) is 0 Å². The molecule has 0 aromatic heterocycles. The summed E-state index contributed by atoms with van der Waals surface area (Å²) in [6, 6.07) is 2.34. The average molecular weight is 227 g/mol. The molecule has 0 atom stereocenters. The molecule has 0 aliphatic rings. The predicted molar refractivity (Wildman–Crippen MR) is 61.4 cm³/mol. The largest absolute Gasteiger partial charge is 0.383 e. The van der Waals surface area contributed by atoms with Crippen molar-refractivity contribution in [3.8, 4) is 0 Å². The zero-order chi connectivity index (χ0) is 12.1. The SMILES string of the molecule is CCNc1cc(NCC)c([N+](=O)[O-])cc1F. The Balaban J connectivity index is 3.19. The molecule has 1 aromatic carbocycles. The van der Waals surface area contributed by atoms with Crippen LogP contribution in [0.2, 0.25) is 0 Å². The molecular formula is C10H14FN3O2. The van der Waals surface area contributed by atoms with Crippen molar-refractivity contribution in [2.45, 2.75) is 13.8 Å². The van der Waals surface area contributed by atoms with E-state index in [4.69, 9.17) is 0 Å². The molecule has 0 radical (unpaired) electrons. The number of hydrogen-bond donors (Lipinski definition) is 2. The number of nitrogens with zero attached hydrogens (tertiary/aromatic N) is 1. The van der Waals surface area contributed by atoms with E-state index in [9.17, 15) is 14.5 Å².